The standard InChI is InChI=1S/C17H15BrN2O4/c1-10(15(21)11-5-7-13(18)8-6-11)24-16(22)12-3-2-4-14(9-12)20-17(19)23/h2-10H,1H3,(H3,19,20,23)/t10-/m1/s1. The first-order valence-electron chi connectivity index (χ1n) is 7.04. The average Bonchev–Trinajstić information content (AvgIpc) is 2.54. The van der Waals surface area contributed by atoms with Gasteiger partial charge >= 0.3 is 12.0 Å². The summed E-state index contributed by atoms with van der Waals surface area (Å²) in [5, 5.41) is 2.37. The Balaban J connectivity index is 2.07. The molecule has 0 aliphatic carbocycles. The van der Waals surface area contributed by atoms with Crippen molar-refractivity contribution in [2.24, 2.45) is 5.73 Å². The summed E-state index contributed by atoms with van der Waals surface area (Å²) in [7, 11) is 0. The van der Waals surface area contributed by atoms with Gasteiger partial charge in [0.25, 0.3) is 0 Å². The molecule has 0 radical (unpaired) electrons. The summed E-state index contributed by atoms with van der Waals surface area (Å²) in [6.07, 6.45) is -0.938. The lowest BCUT2D eigenvalue weighted by molar-refractivity contribution is 0.0319. The third-order valence-corrected chi connectivity index (χ3v) is 3.68. The lowest BCUT2D eigenvalue weighted by Crippen LogP contribution is -2.24. The minimum atomic E-state index is -0.938. The Labute approximate surface area is 147 Å². The molecular weight excluding hydrogens is 376 g/mol. The molecule has 2 aromatic carbocycles. The van der Waals surface area contributed by atoms with E-state index in [1.807, 2.05) is 0 Å². The monoisotopic (exact) mass is 390 g/mol. The number of ketones is 1. The van der Waals surface area contributed by atoms with Gasteiger partial charge in [0.15, 0.2) is 6.10 Å². The number of nitrogens with two attached hydrogens (primary N) is 1. The Morgan fingerprint density at radius 2 is 1.75 bits per heavy atom. The van der Waals surface area contributed by atoms with Gasteiger partial charge in [-0.15, -0.1) is 0 Å². The Bertz CT molecular complexity index is 774. The molecule has 3 N–H and O–H groups in total. The molecule has 2 rings (SSSR count). The van der Waals surface area contributed by atoms with Crippen LogP contribution in [0.5, 0.6) is 0 Å². The van der Waals surface area contributed by atoms with Gasteiger partial charge in [-0.05, 0) is 37.3 Å². The van der Waals surface area contributed by atoms with Crippen molar-refractivity contribution in [1.82, 2.24) is 0 Å². The lowest BCUT2D eigenvalue weighted by Gasteiger charge is -2.13. The zero-order valence-electron chi connectivity index (χ0n) is 12.8. The summed E-state index contributed by atoms with van der Waals surface area (Å²) in [6, 6.07) is 12.1. The van der Waals surface area contributed by atoms with Gasteiger partial charge < -0.3 is 15.8 Å². The van der Waals surface area contributed by atoms with Gasteiger partial charge in [-0.3, -0.25) is 4.79 Å². The summed E-state index contributed by atoms with van der Waals surface area (Å²) in [5.41, 5.74) is 6.05. The number of nitrogens with one attached hydrogen (secondary N) is 1. The summed E-state index contributed by atoms with van der Waals surface area (Å²) < 4.78 is 6.05. The number of benzene rings is 2. The van der Waals surface area contributed by atoms with Crippen LogP contribution in [0.2, 0.25) is 0 Å². The van der Waals surface area contributed by atoms with E-state index in [2.05, 4.69) is 21.2 Å². The molecule has 0 heterocycles. The molecular formula is C17H15BrN2O4. The average molecular weight is 391 g/mol. The van der Waals surface area contributed by atoms with Crippen LogP contribution in [-0.2, 0) is 4.74 Å². The maximum absolute atomic E-state index is 12.3. The fraction of sp³-hybridized carbons (Fsp3) is 0.118. The molecule has 124 valence electrons. The van der Waals surface area contributed by atoms with Crippen molar-refractivity contribution < 1.29 is 19.1 Å². The van der Waals surface area contributed by atoms with E-state index in [-0.39, 0.29) is 11.3 Å². The quantitative estimate of drug-likeness (QED) is 0.603. The van der Waals surface area contributed by atoms with Crippen molar-refractivity contribution in [3.63, 3.8) is 0 Å². The van der Waals surface area contributed by atoms with E-state index in [1.165, 1.54) is 19.1 Å². The van der Waals surface area contributed by atoms with E-state index in [1.54, 1.807) is 36.4 Å². The van der Waals surface area contributed by atoms with Gasteiger partial charge in [0, 0.05) is 15.7 Å². The van der Waals surface area contributed by atoms with E-state index in [0.29, 0.717) is 11.3 Å². The molecule has 2 amide bonds. The molecule has 0 fully saturated rings. The van der Waals surface area contributed by atoms with E-state index in [0.717, 1.165) is 4.47 Å². The molecule has 0 aromatic heterocycles. The maximum Gasteiger partial charge on any atom is 0.338 e. The Morgan fingerprint density at radius 1 is 1.08 bits per heavy atom. The number of amides is 2. The van der Waals surface area contributed by atoms with Crippen LogP contribution in [-0.4, -0.2) is 23.9 Å². The SMILES string of the molecule is C[C@@H](OC(=O)c1cccc(NC(N)=O)c1)C(=O)c1ccc(Br)cc1. The molecule has 0 spiro atoms. The highest BCUT2D eigenvalue weighted by Crippen LogP contribution is 2.15. The molecule has 0 aliphatic rings. The van der Waals surface area contributed by atoms with Crippen LogP contribution in [0, 0.1) is 0 Å². The fourth-order valence-corrected chi connectivity index (χ4v) is 2.26. The molecule has 6 nitrogen and oxygen atoms in total. The van der Waals surface area contributed by atoms with Crippen molar-refractivity contribution in [3.8, 4) is 0 Å². The molecule has 1 atom stereocenters. The molecule has 24 heavy (non-hydrogen) atoms. The number of ether oxygens (including phenoxy) is 1. The third-order valence-electron chi connectivity index (χ3n) is 3.15. The minimum Gasteiger partial charge on any atom is -0.451 e. The number of urea groups is 1. The van der Waals surface area contributed by atoms with Crippen molar-refractivity contribution in [1.29, 1.82) is 0 Å². The molecule has 0 saturated carbocycles. The topological polar surface area (TPSA) is 98.5 Å². The third kappa shape index (κ3) is 4.66. The first kappa shape index (κ1) is 17.7. The highest BCUT2D eigenvalue weighted by atomic mass is 79.9. The van der Waals surface area contributed by atoms with Crippen molar-refractivity contribution in [2.45, 2.75) is 13.0 Å². The number of carbonyl (C=O) groups excluding carboxylic acids is 3. The van der Waals surface area contributed by atoms with Crippen molar-refractivity contribution in [2.75, 3.05) is 5.32 Å². The van der Waals surface area contributed by atoms with E-state index >= 15 is 0 Å². The van der Waals surface area contributed by atoms with Crippen LogP contribution in [0.3, 0.4) is 0 Å². The van der Waals surface area contributed by atoms with Gasteiger partial charge in [0.2, 0.25) is 5.78 Å². The van der Waals surface area contributed by atoms with E-state index in [4.69, 9.17) is 10.5 Å². The molecule has 0 bridgehead atoms. The van der Waals surface area contributed by atoms with E-state index < -0.39 is 18.1 Å². The zero-order valence-corrected chi connectivity index (χ0v) is 14.4. The van der Waals surface area contributed by atoms with Gasteiger partial charge in [-0.2, -0.15) is 0 Å². The lowest BCUT2D eigenvalue weighted by atomic mass is 10.1. The smallest absolute Gasteiger partial charge is 0.338 e. The number of anilines is 1. The summed E-state index contributed by atoms with van der Waals surface area (Å²) in [6.45, 7) is 1.51. The van der Waals surface area contributed by atoms with Crippen LogP contribution in [0.1, 0.15) is 27.6 Å². The first-order valence-corrected chi connectivity index (χ1v) is 7.83. The number of rotatable bonds is 5. The second-order valence-corrected chi connectivity index (χ2v) is 5.90. The highest BCUT2D eigenvalue weighted by molar-refractivity contribution is 9.10. The molecule has 0 saturated heterocycles. The van der Waals surface area contributed by atoms with E-state index in [9.17, 15) is 14.4 Å². The predicted molar refractivity (Wildman–Crippen MR) is 93.0 cm³/mol. The number of hydrogen-bond donors (Lipinski definition) is 2. The number of halogens is 1. The predicted octanol–water partition coefficient (Wildman–Crippen LogP) is 3.37. The number of carbonyl (C=O) groups is 3. The highest BCUT2D eigenvalue weighted by Gasteiger charge is 2.20. The van der Waals surface area contributed by atoms with Crippen molar-refractivity contribution >= 4 is 39.4 Å². The summed E-state index contributed by atoms with van der Waals surface area (Å²) >= 11 is 3.29. The van der Waals surface area contributed by atoms with Gasteiger partial charge in [-0.25, -0.2) is 9.59 Å². The Morgan fingerprint density at radius 3 is 2.38 bits per heavy atom. The molecule has 2 aromatic rings. The molecule has 7 heteroatoms. The molecule has 0 unspecified atom stereocenters. The van der Waals surface area contributed by atoms with Crippen LogP contribution in [0.15, 0.2) is 53.0 Å². The van der Waals surface area contributed by atoms with Crippen LogP contribution in [0.25, 0.3) is 0 Å². The van der Waals surface area contributed by atoms with Crippen LogP contribution < -0.4 is 11.1 Å². The molecule has 0 aliphatic heterocycles. The van der Waals surface area contributed by atoms with Gasteiger partial charge in [0.05, 0.1) is 5.56 Å². The van der Waals surface area contributed by atoms with Crippen LogP contribution in [0.4, 0.5) is 10.5 Å². The Kier molecular flexibility index (Phi) is 5.70. The second kappa shape index (κ2) is 7.74. The largest absolute Gasteiger partial charge is 0.451 e. The first-order chi connectivity index (χ1) is 11.4. The number of Topliss-reactive ketones (excluding diaryl/α,β-unsaturated/α-hetero) is 1. The summed E-state index contributed by atoms with van der Waals surface area (Å²) in [5.74, 6) is -0.969. The minimum absolute atomic E-state index is 0.205. The van der Waals surface area contributed by atoms with Crippen LogP contribution >= 0.6 is 15.9 Å². The van der Waals surface area contributed by atoms with Gasteiger partial charge in [-0.1, -0.05) is 34.1 Å². The van der Waals surface area contributed by atoms with Gasteiger partial charge in [0.1, 0.15) is 0 Å². The maximum atomic E-state index is 12.3. The fourth-order valence-electron chi connectivity index (χ4n) is 2.00. The second-order valence-electron chi connectivity index (χ2n) is 4.99. The number of esters is 1. The number of primary amides is 1. The zero-order chi connectivity index (χ0) is 17.7. The summed E-state index contributed by atoms with van der Waals surface area (Å²) in [4.78, 5) is 35.3. The number of hydrogen-bond acceptors (Lipinski definition) is 4. The normalized spacial score (nSPS) is 11.4. The van der Waals surface area contributed by atoms with Crippen molar-refractivity contribution in [3.05, 3.63) is 64.1 Å². The Hall–Kier alpha value is -2.67.